The van der Waals surface area contributed by atoms with E-state index in [1.54, 1.807) is 89.4 Å². The molecule has 0 bridgehead atoms. The molecule has 248 valence electrons. The molecule has 10 heteroatoms. The zero-order valence-electron chi connectivity index (χ0n) is 27.6. The van der Waals surface area contributed by atoms with Crippen LogP contribution in [0.1, 0.15) is 76.1 Å². The molecule has 0 aliphatic heterocycles. The van der Waals surface area contributed by atoms with Crippen LogP contribution in [0.3, 0.4) is 0 Å². The molecule has 3 rings (SSSR count). The average Bonchev–Trinajstić information content (AvgIpc) is 3.00. The first-order chi connectivity index (χ1) is 21.8. The minimum absolute atomic E-state index is 0.0643. The molecule has 3 aromatic carbocycles. The molecular weight excluding hydrogens is 586 g/mol. The number of carbonyl (C=O) groups is 3. The van der Waals surface area contributed by atoms with Crippen molar-refractivity contribution in [1.29, 1.82) is 0 Å². The number of nitrogens with zero attached hydrogens (tertiary/aromatic N) is 1. The maximum absolute atomic E-state index is 14.7. The van der Waals surface area contributed by atoms with Gasteiger partial charge >= 0.3 is 6.09 Å². The number of para-hydroxylation sites is 1. The molecule has 0 heterocycles. The Morgan fingerprint density at radius 2 is 1.59 bits per heavy atom. The number of phenolic OH excluding ortho intramolecular Hbond substituents is 2. The minimum Gasteiger partial charge on any atom is -0.508 e. The number of unbranched alkanes of at least 4 members (excludes halogenated alkanes) is 3. The molecule has 10 nitrogen and oxygen atoms in total. The van der Waals surface area contributed by atoms with Gasteiger partial charge < -0.3 is 35.2 Å². The summed E-state index contributed by atoms with van der Waals surface area (Å²) in [5.41, 5.74) is 1.15. The van der Waals surface area contributed by atoms with Gasteiger partial charge in [0.05, 0.1) is 7.11 Å². The first-order valence-corrected chi connectivity index (χ1v) is 15.6. The molecule has 3 aromatic rings. The van der Waals surface area contributed by atoms with Crippen molar-refractivity contribution >= 4 is 23.6 Å². The van der Waals surface area contributed by atoms with Gasteiger partial charge in [0.25, 0.3) is 5.91 Å². The topological polar surface area (TPSA) is 137 Å². The highest BCUT2D eigenvalue weighted by Gasteiger charge is 2.37. The molecule has 0 radical (unpaired) electrons. The van der Waals surface area contributed by atoms with E-state index in [4.69, 9.17) is 9.47 Å². The number of aryl methyl sites for hydroxylation is 1. The Labute approximate surface area is 271 Å². The number of nitrogens with one attached hydrogen (secondary N) is 2. The van der Waals surface area contributed by atoms with Crippen LogP contribution < -0.4 is 15.4 Å². The molecule has 2 unspecified atom stereocenters. The Bertz CT molecular complexity index is 1450. The zero-order chi connectivity index (χ0) is 33.9. The third-order valence-corrected chi connectivity index (χ3v) is 7.38. The lowest BCUT2D eigenvalue weighted by molar-refractivity contribution is -0.141. The van der Waals surface area contributed by atoms with Crippen molar-refractivity contribution < 1.29 is 34.1 Å². The fourth-order valence-electron chi connectivity index (χ4n) is 5.03. The predicted molar refractivity (Wildman–Crippen MR) is 178 cm³/mol. The van der Waals surface area contributed by atoms with E-state index in [0.29, 0.717) is 29.0 Å². The summed E-state index contributed by atoms with van der Waals surface area (Å²) in [7, 11) is 1.55. The molecular formula is C36H47N3O7. The third-order valence-electron chi connectivity index (χ3n) is 7.38. The molecule has 2 atom stereocenters. The smallest absolute Gasteiger partial charge is 0.408 e. The van der Waals surface area contributed by atoms with E-state index in [1.165, 1.54) is 17.0 Å². The molecule has 0 aromatic heterocycles. The molecule has 3 amide bonds. The van der Waals surface area contributed by atoms with Crippen LogP contribution in [0.4, 0.5) is 10.5 Å². The predicted octanol–water partition coefficient (Wildman–Crippen LogP) is 6.64. The van der Waals surface area contributed by atoms with E-state index in [1.807, 2.05) is 0 Å². The Morgan fingerprint density at radius 3 is 2.20 bits per heavy atom. The van der Waals surface area contributed by atoms with Gasteiger partial charge in [-0.15, -0.1) is 0 Å². The van der Waals surface area contributed by atoms with Crippen molar-refractivity contribution in [3.8, 4) is 17.2 Å². The lowest BCUT2D eigenvalue weighted by Crippen LogP contribution is -2.53. The molecule has 0 aliphatic rings. The van der Waals surface area contributed by atoms with Gasteiger partial charge in [-0.05, 0) is 81.6 Å². The normalized spacial score (nSPS) is 12.5. The Balaban J connectivity index is 2.11. The summed E-state index contributed by atoms with van der Waals surface area (Å²) in [5.74, 6) is -0.473. The number of hydrogen-bond acceptors (Lipinski definition) is 7. The van der Waals surface area contributed by atoms with E-state index in [9.17, 15) is 24.6 Å². The van der Waals surface area contributed by atoms with E-state index >= 15 is 0 Å². The summed E-state index contributed by atoms with van der Waals surface area (Å²) in [6, 6.07) is 15.8. The fourth-order valence-corrected chi connectivity index (χ4v) is 5.03. The van der Waals surface area contributed by atoms with Crippen LogP contribution >= 0.6 is 0 Å². The fraction of sp³-hybridized carbons (Fsp3) is 0.417. The van der Waals surface area contributed by atoms with Crippen LogP contribution in [-0.2, 0) is 20.7 Å². The first kappa shape index (κ1) is 35.7. The number of carbonyl (C=O) groups excluding carboxylic acids is 3. The van der Waals surface area contributed by atoms with Gasteiger partial charge in [0, 0.05) is 24.2 Å². The number of alkyl carbamates (subject to hydrolysis) is 1. The Morgan fingerprint density at radius 1 is 0.913 bits per heavy atom. The van der Waals surface area contributed by atoms with Gasteiger partial charge in [-0.25, -0.2) is 4.79 Å². The van der Waals surface area contributed by atoms with Crippen molar-refractivity contribution in [2.45, 2.75) is 84.4 Å². The lowest BCUT2D eigenvalue weighted by atomic mass is 9.97. The second-order valence-electron chi connectivity index (χ2n) is 12.3. The zero-order valence-corrected chi connectivity index (χ0v) is 27.6. The number of benzene rings is 3. The van der Waals surface area contributed by atoms with E-state index < -0.39 is 35.6 Å². The Hall–Kier alpha value is -4.73. The second kappa shape index (κ2) is 16.5. The molecule has 0 saturated heterocycles. The van der Waals surface area contributed by atoms with Crippen LogP contribution in [0.25, 0.3) is 0 Å². The van der Waals surface area contributed by atoms with Gasteiger partial charge in [0.15, 0.2) is 0 Å². The molecule has 0 saturated carbocycles. The number of amides is 3. The van der Waals surface area contributed by atoms with Gasteiger partial charge in [0.1, 0.15) is 34.9 Å². The largest absolute Gasteiger partial charge is 0.508 e. The molecule has 4 N–H and O–H groups in total. The van der Waals surface area contributed by atoms with Crippen LogP contribution in [0, 0.1) is 6.92 Å². The van der Waals surface area contributed by atoms with E-state index in [-0.39, 0.29) is 30.0 Å². The molecule has 0 aliphatic carbocycles. The van der Waals surface area contributed by atoms with Crippen molar-refractivity contribution in [2.24, 2.45) is 0 Å². The monoisotopic (exact) mass is 633 g/mol. The third kappa shape index (κ3) is 10.4. The lowest BCUT2D eigenvalue weighted by Gasteiger charge is -2.35. The summed E-state index contributed by atoms with van der Waals surface area (Å²) in [6.07, 6.45) is 2.60. The molecule has 46 heavy (non-hydrogen) atoms. The minimum atomic E-state index is -1.24. The maximum atomic E-state index is 14.7. The summed E-state index contributed by atoms with van der Waals surface area (Å²) in [6.45, 7) is 9.17. The van der Waals surface area contributed by atoms with Gasteiger partial charge in [-0.3, -0.25) is 9.59 Å². The van der Waals surface area contributed by atoms with Crippen molar-refractivity contribution in [3.05, 3.63) is 83.4 Å². The van der Waals surface area contributed by atoms with Crippen LogP contribution in [-0.4, -0.2) is 58.3 Å². The summed E-state index contributed by atoms with van der Waals surface area (Å²) in [4.78, 5) is 43.3. The van der Waals surface area contributed by atoms with Crippen molar-refractivity contribution in [2.75, 3.05) is 19.0 Å². The number of methoxy groups -OCH3 is 1. The summed E-state index contributed by atoms with van der Waals surface area (Å²) in [5, 5.41) is 26.7. The van der Waals surface area contributed by atoms with E-state index in [2.05, 4.69) is 17.6 Å². The highest BCUT2D eigenvalue weighted by atomic mass is 16.6. The van der Waals surface area contributed by atoms with Gasteiger partial charge in [0.2, 0.25) is 5.91 Å². The van der Waals surface area contributed by atoms with Gasteiger partial charge in [-0.1, -0.05) is 56.5 Å². The number of hydrogen-bond donors (Lipinski definition) is 4. The maximum Gasteiger partial charge on any atom is 0.408 e. The molecule has 0 spiro atoms. The highest BCUT2D eigenvalue weighted by Crippen LogP contribution is 2.34. The van der Waals surface area contributed by atoms with Crippen molar-refractivity contribution in [1.82, 2.24) is 10.2 Å². The highest BCUT2D eigenvalue weighted by molar-refractivity contribution is 5.99. The van der Waals surface area contributed by atoms with Crippen LogP contribution in [0.2, 0.25) is 0 Å². The second-order valence-corrected chi connectivity index (χ2v) is 12.3. The first-order valence-electron chi connectivity index (χ1n) is 15.6. The number of rotatable bonds is 14. The summed E-state index contributed by atoms with van der Waals surface area (Å²) >= 11 is 0. The molecule has 0 fully saturated rings. The van der Waals surface area contributed by atoms with E-state index in [0.717, 1.165) is 19.3 Å². The Kier molecular flexibility index (Phi) is 12.9. The summed E-state index contributed by atoms with van der Waals surface area (Å²) < 4.78 is 10.7. The SMILES string of the molecule is CCCCCCN(C(=O)C(Cc1ccc(O)cc1)NC(=O)OC(C)(C)C)C(C(=O)Nc1ccc(OC)cc1)c1cccc(C)c1O. The number of phenols is 2. The average molecular weight is 634 g/mol. The van der Waals surface area contributed by atoms with Crippen LogP contribution in [0.5, 0.6) is 17.2 Å². The number of ether oxygens (including phenoxy) is 2. The quantitative estimate of drug-likeness (QED) is 0.146. The van der Waals surface area contributed by atoms with Crippen molar-refractivity contribution in [3.63, 3.8) is 0 Å². The number of anilines is 1. The number of aromatic hydroxyl groups is 2. The van der Waals surface area contributed by atoms with Crippen LogP contribution in [0.15, 0.2) is 66.7 Å². The standard InChI is InChI=1S/C36H47N3O7/c1-7-8-9-10-22-39(34(43)30(38-35(44)46-36(3,4)5)23-25-14-18-27(40)19-15-25)31(29-13-11-12-24(2)32(29)41)33(42)37-26-16-20-28(45-6)21-17-26/h11-21,30-31,40-41H,7-10,22-23H2,1-6H3,(H,37,42)(H,38,44). The van der Waals surface area contributed by atoms with Gasteiger partial charge in [-0.2, -0.15) is 0 Å².